The first-order chi connectivity index (χ1) is 12.8. The minimum atomic E-state index is -4.42. The highest BCUT2D eigenvalue weighted by molar-refractivity contribution is 7.17. The van der Waals surface area contributed by atoms with E-state index in [-0.39, 0.29) is 17.5 Å². The van der Waals surface area contributed by atoms with Gasteiger partial charge in [0.15, 0.2) is 0 Å². The predicted molar refractivity (Wildman–Crippen MR) is 99.8 cm³/mol. The van der Waals surface area contributed by atoms with Crippen LogP contribution in [0.2, 0.25) is 0 Å². The lowest BCUT2D eigenvalue weighted by atomic mass is 9.79. The number of nitrogens with one attached hydrogen (secondary N) is 1. The number of nitrogens with zero attached hydrogens (tertiary/aromatic N) is 1. The van der Waals surface area contributed by atoms with Crippen LogP contribution in [-0.4, -0.2) is 36.0 Å². The van der Waals surface area contributed by atoms with Gasteiger partial charge in [-0.25, -0.2) is 0 Å². The molecule has 0 saturated carbocycles. The second kappa shape index (κ2) is 6.95. The molecule has 144 valence electrons. The average molecular weight is 394 g/mol. The highest BCUT2D eigenvalue weighted by Gasteiger charge is 2.40. The highest BCUT2D eigenvalue weighted by Crippen LogP contribution is 2.39. The maximum Gasteiger partial charge on any atom is 0.417 e. The van der Waals surface area contributed by atoms with Crippen molar-refractivity contribution in [3.63, 3.8) is 0 Å². The standard InChI is InChI=1S/C20H21F3N2OS/c1-12-18(13-8-10-25(12)11-9-13)24-19(26)17-7-6-16(27-17)14-4-2-3-5-15(14)20(21,22)23/h2-7,12-13,18H,8-11H2,1H3,(H,24,26)/t12-,18-/m0/s1. The third-order valence-corrected chi connectivity index (χ3v) is 6.92. The summed E-state index contributed by atoms with van der Waals surface area (Å²) in [5, 5.41) is 3.13. The van der Waals surface area contributed by atoms with Crippen molar-refractivity contribution in [2.45, 2.75) is 38.0 Å². The summed E-state index contributed by atoms with van der Waals surface area (Å²) in [6.07, 6.45) is -2.25. The van der Waals surface area contributed by atoms with E-state index in [1.165, 1.54) is 12.1 Å². The Balaban J connectivity index is 1.54. The molecular weight excluding hydrogens is 373 g/mol. The molecule has 5 rings (SSSR count). The number of hydrogen-bond acceptors (Lipinski definition) is 3. The number of amides is 1. The van der Waals surface area contributed by atoms with Crippen LogP contribution in [0, 0.1) is 5.92 Å². The fourth-order valence-corrected chi connectivity index (χ4v) is 5.27. The van der Waals surface area contributed by atoms with E-state index in [4.69, 9.17) is 0 Å². The van der Waals surface area contributed by atoms with Gasteiger partial charge in [0, 0.05) is 22.5 Å². The Morgan fingerprint density at radius 1 is 1.15 bits per heavy atom. The van der Waals surface area contributed by atoms with E-state index in [1.807, 2.05) is 0 Å². The molecule has 3 aliphatic rings. The molecular formula is C20H21F3N2OS. The minimum Gasteiger partial charge on any atom is -0.347 e. The van der Waals surface area contributed by atoms with E-state index in [0.717, 1.165) is 43.3 Å². The number of benzene rings is 1. The topological polar surface area (TPSA) is 32.3 Å². The molecule has 3 fully saturated rings. The minimum absolute atomic E-state index is 0.105. The quantitative estimate of drug-likeness (QED) is 0.822. The number of hydrogen-bond donors (Lipinski definition) is 1. The second-order valence-electron chi connectivity index (χ2n) is 7.32. The van der Waals surface area contributed by atoms with Gasteiger partial charge in [-0.1, -0.05) is 18.2 Å². The second-order valence-corrected chi connectivity index (χ2v) is 8.40. The third-order valence-electron chi connectivity index (χ3n) is 5.80. The van der Waals surface area contributed by atoms with Gasteiger partial charge in [-0.3, -0.25) is 9.69 Å². The molecule has 1 amide bonds. The first kappa shape index (κ1) is 18.5. The summed E-state index contributed by atoms with van der Waals surface area (Å²) in [6, 6.07) is 9.11. The van der Waals surface area contributed by atoms with Crippen LogP contribution in [0.3, 0.4) is 0 Å². The van der Waals surface area contributed by atoms with Gasteiger partial charge >= 0.3 is 6.18 Å². The molecule has 1 N–H and O–H groups in total. The first-order valence-corrected chi connectivity index (χ1v) is 9.97. The van der Waals surface area contributed by atoms with E-state index in [9.17, 15) is 18.0 Å². The summed E-state index contributed by atoms with van der Waals surface area (Å²) in [7, 11) is 0. The molecule has 7 heteroatoms. The van der Waals surface area contributed by atoms with Crippen LogP contribution in [0.5, 0.6) is 0 Å². The Morgan fingerprint density at radius 2 is 1.85 bits per heavy atom. The lowest BCUT2D eigenvalue weighted by Crippen LogP contribution is -2.62. The summed E-state index contributed by atoms with van der Waals surface area (Å²) in [5.41, 5.74) is -0.560. The van der Waals surface area contributed by atoms with Gasteiger partial charge < -0.3 is 5.32 Å². The molecule has 2 bridgehead atoms. The summed E-state index contributed by atoms with van der Waals surface area (Å²) >= 11 is 1.11. The van der Waals surface area contributed by atoms with Crippen LogP contribution in [0.4, 0.5) is 13.2 Å². The molecule has 2 atom stereocenters. The molecule has 0 spiro atoms. The summed E-state index contributed by atoms with van der Waals surface area (Å²) < 4.78 is 39.8. The van der Waals surface area contributed by atoms with Crippen molar-refractivity contribution in [3.05, 3.63) is 46.8 Å². The molecule has 0 radical (unpaired) electrons. The smallest absolute Gasteiger partial charge is 0.347 e. The molecule has 27 heavy (non-hydrogen) atoms. The van der Waals surface area contributed by atoms with Crippen LogP contribution in [-0.2, 0) is 6.18 Å². The number of halogens is 3. The number of carbonyl (C=O) groups is 1. The first-order valence-electron chi connectivity index (χ1n) is 9.16. The van der Waals surface area contributed by atoms with Crippen LogP contribution < -0.4 is 5.32 Å². The van der Waals surface area contributed by atoms with Crippen LogP contribution >= 0.6 is 11.3 Å². The molecule has 0 unspecified atom stereocenters. The van der Waals surface area contributed by atoms with Crippen molar-refractivity contribution >= 4 is 17.2 Å². The predicted octanol–water partition coefficient (Wildman–Crippen LogP) is 4.65. The molecule has 1 aromatic carbocycles. The van der Waals surface area contributed by atoms with Gasteiger partial charge in [0.05, 0.1) is 10.4 Å². The van der Waals surface area contributed by atoms with Gasteiger partial charge in [0.1, 0.15) is 0 Å². The fourth-order valence-electron chi connectivity index (χ4n) is 4.32. The average Bonchev–Trinajstić information content (AvgIpc) is 3.14. The molecule has 2 aromatic rings. The molecule has 4 heterocycles. The monoisotopic (exact) mass is 394 g/mol. The Hall–Kier alpha value is -1.86. The molecule has 1 aromatic heterocycles. The number of alkyl halides is 3. The summed E-state index contributed by atoms with van der Waals surface area (Å²) in [6.45, 7) is 4.29. The van der Waals surface area contributed by atoms with Crippen molar-refractivity contribution in [2.75, 3.05) is 13.1 Å². The number of fused-ring (bicyclic) bond motifs is 3. The van der Waals surface area contributed by atoms with E-state index in [0.29, 0.717) is 21.7 Å². The van der Waals surface area contributed by atoms with Crippen LogP contribution in [0.25, 0.3) is 10.4 Å². The lowest BCUT2D eigenvalue weighted by molar-refractivity contribution is -0.137. The largest absolute Gasteiger partial charge is 0.417 e. The SMILES string of the molecule is C[C@H]1[C@H](NC(=O)c2ccc(-c3ccccc3C(F)(F)F)s2)C2CCN1CC2. The van der Waals surface area contributed by atoms with E-state index < -0.39 is 11.7 Å². The molecule has 3 saturated heterocycles. The zero-order chi connectivity index (χ0) is 19.2. The van der Waals surface area contributed by atoms with Gasteiger partial charge in [-0.05, 0) is 57.0 Å². The third kappa shape index (κ3) is 3.50. The summed E-state index contributed by atoms with van der Waals surface area (Å²) in [5.74, 6) is 0.292. The van der Waals surface area contributed by atoms with Crippen LogP contribution in [0.15, 0.2) is 36.4 Å². The Kier molecular flexibility index (Phi) is 4.76. The fraction of sp³-hybridized carbons (Fsp3) is 0.450. The van der Waals surface area contributed by atoms with Crippen molar-refractivity contribution in [3.8, 4) is 10.4 Å². The van der Waals surface area contributed by atoms with Crippen molar-refractivity contribution in [1.29, 1.82) is 0 Å². The van der Waals surface area contributed by atoms with E-state index in [1.54, 1.807) is 18.2 Å². The zero-order valence-corrected chi connectivity index (χ0v) is 15.7. The van der Waals surface area contributed by atoms with Crippen molar-refractivity contribution in [2.24, 2.45) is 5.92 Å². The highest BCUT2D eigenvalue weighted by atomic mass is 32.1. The molecule has 3 nitrogen and oxygen atoms in total. The van der Waals surface area contributed by atoms with Gasteiger partial charge in [0.25, 0.3) is 5.91 Å². The van der Waals surface area contributed by atoms with E-state index >= 15 is 0 Å². The van der Waals surface area contributed by atoms with Gasteiger partial charge in [0.2, 0.25) is 0 Å². The number of piperidine rings is 3. The molecule has 3 aliphatic heterocycles. The van der Waals surface area contributed by atoms with Crippen molar-refractivity contribution < 1.29 is 18.0 Å². The summed E-state index contributed by atoms with van der Waals surface area (Å²) in [4.78, 5) is 16.0. The normalized spacial score (nSPS) is 27.6. The number of rotatable bonds is 3. The zero-order valence-electron chi connectivity index (χ0n) is 14.9. The maximum absolute atomic E-state index is 13.3. The number of thiophene rings is 1. The van der Waals surface area contributed by atoms with Gasteiger partial charge in [-0.15, -0.1) is 11.3 Å². The van der Waals surface area contributed by atoms with E-state index in [2.05, 4.69) is 17.1 Å². The lowest BCUT2D eigenvalue weighted by Gasteiger charge is -2.49. The van der Waals surface area contributed by atoms with Crippen molar-refractivity contribution in [1.82, 2.24) is 10.2 Å². The Labute approximate surface area is 160 Å². The Morgan fingerprint density at radius 3 is 2.52 bits per heavy atom. The maximum atomic E-state index is 13.3. The molecule has 0 aliphatic carbocycles. The Bertz CT molecular complexity index is 838. The van der Waals surface area contributed by atoms with Gasteiger partial charge in [-0.2, -0.15) is 13.2 Å². The number of carbonyl (C=O) groups excluding carboxylic acids is 1. The van der Waals surface area contributed by atoms with Crippen LogP contribution in [0.1, 0.15) is 35.0 Å².